The SMILES string of the molecule is C[C@H](Sc1nc2sc3c(c2c(=O)[nH]1)CCCC3)C(N)=O. The van der Waals surface area contributed by atoms with Crippen LogP contribution in [0, 0.1) is 0 Å². The number of carbonyl (C=O) groups excluding carboxylic acids is 1. The van der Waals surface area contributed by atoms with E-state index < -0.39 is 11.2 Å². The minimum absolute atomic E-state index is 0.103. The van der Waals surface area contributed by atoms with Gasteiger partial charge in [0.1, 0.15) is 4.83 Å². The number of hydrogen-bond donors (Lipinski definition) is 2. The maximum absolute atomic E-state index is 12.3. The molecule has 106 valence electrons. The van der Waals surface area contributed by atoms with E-state index in [1.807, 2.05) is 0 Å². The van der Waals surface area contributed by atoms with Gasteiger partial charge < -0.3 is 10.7 Å². The number of aromatic nitrogens is 2. The molecule has 0 saturated heterocycles. The molecule has 0 unspecified atom stereocenters. The van der Waals surface area contributed by atoms with Crippen LogP contribution in [0.5, 0.6) is 0 Å². The van der Waals surface area contributed by atoms with Crippen molar-refractivity contribution in [3.8, 4) is 0 Å². The molecule has 7 heteroatoms. The number of primary amides is 1. The first kappa shape index (κ1) is 13.6. The molecular formula is C13H15N3O2S2. The average Bonchev–Trinajstić information content (AvgIpc) is 2.76. The lowest BCUT2D eigenvalue weighted by molar-refractivity contribution is -0.117. The third-order valence-electron chi connectivity index (χ3n) is 3.49. The minimum atomic E-state index is -0.414. The molecule has 0 fully saturated rings. The van der Waals surface area contributed by atoms with Crippen molar-refractivity contribution in [3.05, 3.63) is 20.8 Å². The molecule has 2 aromatic heterocycles. The van der Waals surface area contributed by atoms with Crippen LogP contribution >= 0.6 is 23.1 Å². The highest BCUT2D eigenvalue weighted by Crippen LogP contribution is 2.34. The number of aryl methyl sites for hydroxylation is 2. The number of thiophene rings is 1. The van der Waals surface area contributed by atoms with Gasteiger partial charge in [0.25, 0.3) is 5.56 Å². The third kappa shape index (κ3) is 2.35. The van der Waals surface area contributed by atoms with Crippen molar-refractivity contribution < 1.29 is 4.79 Å². The van der Waals surface area contributed by atoms with E-state index in [1.165, 1.54) is 28.6 Å². The molecular weight excluding hydrogens is 294 g/mol. The van der Waals surface area contributed by atoms with Crippen molar-refractivity contribution in [3.63, 3.8) is 0 Å². The molecule has 1 aliphatic carbocycles. The second-order valence-corrected chi connectivity index (χ2v) is 7.34. The highest BCUT2D eigenvalue weighted by molar-refractivity contribution is 8.00. The van der Waals surface area contributed by atoms with Gasteiger partial charge in [-0.3, -0.25) is 9.59 Å². The van der Waals surface area contributed by atoms with Crippen molar-refractivity contribution in [1.82, 2.24) is 9.97 Å². The van der Waals surface area contributed by atoms with Crippen molar-refractivity contribution in [2.45, 2.75) is 43.0 Å². The molecule has 1 amide bonds. The normalized spacial score (nSPS) is 16.1. The first-order chi connectivity index (χ1) is 9.56. The van der Waals surface area contributed by atoms with Gasteiger partial charge in [-0.1, -0.05) is 11.8 Å². The lowest BCUT2D eigenvalue weighted by atomic mass is 9.97. The summed E-state index contributed by atoms with van der Waals surface area (Å²) in [7, 11) is 0. The van der Waals surface area contributed by atoms with Crippen molar-refractivity contribution in [2.75, 3.05) is 0 Å². The molecule has 20 heavy (non-hydrogen) atoms. The lowest BCUT2D eigenvalue weighted by Gasteiger charge is -2.09. The summed E-state index contributed by atoms with van der Waals surface area (Å²) in [6, 6.07) is 0. The molecule has 0 spiro atoms. The van der Waals surface area contributed by atoms with Gasteiger partial charge in [-0.2, -0.15) is 0 Å². The maximum atomic E-state index is 12.3. The van der Waals surface area contributed by atoms with Crippen LogP contribution < -0.4 is 11.3 Å². The zero-order chi connectivity index (χ0) is 14.3. The minimum Gasteiger partial charge on any atom is -0.369 e. The van der Waals surface area contributed by atoms with Gasteiger partial charge in [-0.05, 0) is 38.2 Å². The fourth-order valence-electron chi connectivity index (χ4n) is 2.43. The average molecular weight is 309 g/mol. The number of nitrogens with zero attached hydrogens (tertiary/aromatic N) is 1. The number of H-pyrrole nitrogens is 1. The standard InChI is InChI=1S/C13H15N3O2S2/c1-6(10(14)17)19-13-15-11(18)9-7-4-2-3-5-8(7)20-12(9)16-13/h6H,2-5H2,1H3,(H2,14,17)(H,15,16,18)/t6-/m0/s1. The fraction of sp³-hybridized carbons (Fsp3) is 0.462. The number of carbonyl (C=O) groups is 1. The summed E-state index contributed by atoms with van der Waals surface area (Å²) in [5.41, 5.74) is 6.30. The molecule has 3 rings (SSSR count). The second-order valence-electron chi connectivity index (χ2n) is 4.92. The number of fused-ring (bicyclic) bond motifs is 3. The molecule has 0 aromatic carbocycles. The summed E-state index contributed by atoms with van der Waals surface area (Å²) < 4.78 is 0. The van der Waals surface area contributed by atoms with Crippen LogP contribution in [0.3, 0.4) is 0 Å². The van der Waals surface area contributed by atoms with E-state index in [2.05, 4.69) is 9.97 Å². The van der Waals surface area contributed by atoms with Crippen LogP contribution in [-0.4, -0.2) is 21.1 Å². The van der Waals surface area contributed by atoms with E-state index in [-0.39, 0.29) is 5.56 Å². The number of amides is 1. The van der Waals surface area contributed by atoms with E-state index in [1.54, 1.807) is 18.3 Å². The number of nitrogens with two attached hydrogens (primary N) is 1. The maximum Gasteiger partial charge on any atom is 0.260 e. The van der Waals surface area contributed by atoms with Gasteiger partial charge in [-0.15, -0.1) is 11.3 Å². The molecule has 0 saturated carbocycles. The quantitative estimate of drug-likeness (QED) is 0.668. The topological polar surface area (TPSA) is 88.8 Å². The van der Waals surface area contributed by atoms with Crippen LogP contribution in [0.2, 0.25) is 0 Å². The summed E-state index contributed by atoms with van der Waals surface area (Å²) in [4.78, 5) is 32.7. The van der Waals surface area contributed by atoms with E-state index in [4.69, 9.17) is 5.73 Å². The first-order valence-electron chi connectivity index (χ1n) is 6.57. The first-order valence-corrected chi connectivity index (χ1v) is 8.26. The van der Waals surface area contributed by atoms with Crippen LogP contribution in [0.1, 0.15) is 30.2 Å². The Morgan fingerprint density at radius 1 is 1.45 bits per heavy atom. The third-order valence-corrected chi connectivity index (χ3v) is 5.68. The summed E-state index contributed by atoms with van der Waals surface area (Å²) in [5, 5.41) is 0.790. The number of thioether (sulfide) groups is 1. The zero-order valence-electron chi connectivity index (χ0n) is 11.1. The van der Waals surface area contributed by atoms with E-state index in [0.717, 1.165) is 29.5 Å². The summed E-state index contributed by atoms with van der Waals surface area (Å²) in [5.74, 6) is -0.414. The number of rotatable bonds is 3. The molecule has 1 aliphatic rings. The highest BCUT2D eigenvalue weighted by Gasteiger charge is 2.20. The Balaban J connectivity index is 2.06. The lowest BCUT2D eigenvalue weighted by Crippen LogP contribution is -2.23. The van der Waals surface area contributed by atoms with Crippen LogP contribution in [0.15, 0.2) is 9.95 Å². The number of nitrogens with one attached hydrogen (secondary N) is 1. The molecule has 3 N–H and O–H groups in total. The van der Waals surface area contributed by atoms with Gasteiger partial charge >= 0.3 is 0 Å². The van der Waals surface area contributed by atoms with Crippen LogP contribution in [0.4, 0.5) is 0 Å². The summed E-state index contributed by atoms with van der Waals surface area (Å²) in [6.07, 6.45) is 4.31. The number of hydrogen-bond acceptors (Lipinski definition) is 5. The molecule has 0 aliphatic heterocycles. The zero-order valence-corrected chi connectivity index (χ0v) is 12.7. The van der Waals surface area contributed by atoms with Gasteiger partial charge in [0.15, 0.2) is 5.16 Å². The Morgan fingerprint density at radius 2 is 2.20 bits per heavy atom. The van der Waals surface area contributed by atoms with Crippen molar-refractivity contribution in [1.29, 1.82) is 0 Å². The van der Waals surface area contributed by atoms with Gasteiger partial charge in [0.05, 0.1) is 10.6 Å². The number of aromatic amines is 1. The van der Waals surface area contributed by atoms with Crippen molar-refractivity contribution >= 4 is 39.2 Å². The second kappa shape index (κ2) is 5.21. The fourth-order valence-corrected chi connectivity index (χ4v) is 4.49. The van der Waals surface area contributed by atoms with Gasteiger partial charge in [-0.25, -0.2) is 4.98 Å². The Kier molecular flexibility index (Phi) is 3.55. The Labute approximate surface area is 124 Å². The Bertz CT molecular complexity index is 735. The Hall–Kier alpha value is -1.34. The molecule has 2 heterocycles. The highest BCUT2D eigenvalue weighted by atomic mass is 32.2. The van der Waals surface area contributed by atoms with Gasteiger partial charge in [0, 0.05) is 4.88 Å². The summed E-state index contributed by atoms with van der Waals surface area (Å²) >= 11 is 2.79. The predicted molar refractivity (Wildman–Crippen MR) is 81.4 cm³/mol. The van der Waals surface area contributed by atoms with Crippen LogP contribution in [0.25, 0.3) is 10.2 Å². The molecule has 1 atom stereocenters. The largest absolute Gasteiger partial charge is 0.369 e. The monoisotopic (exact) mass is 309 g/mol. The van der Waals surface area contributed by atoms with Gasteiger partial charge in [0.2, 0.25) is 5.91 Å². The van der Waals surface area contributed by atoms with E-state index >= 15 is 0 Å². The Morgan fingerprint density at radius 3 is 2.95 bits per heavy atom. The molecule has 5 nitrogen and oxygen atoms in total. The summed E-state index contributed by atoms with van der Waals surface area (Å²) in [6.45, 7) is 1.70. The van der Waals surface area contributed by atoms with Crippen LogP contribution in [-0.2, 0) is 17.6 Å². The smallest absolute Gasteiger partial charge is 0.260 e. The molecule has 0 bridgehead atoms. The van der Waals surface area contributed by atoms with E-state index in [0.29, 0.717) is 5.16 Å². The molecule has 0 radical (unpaired) electrons. The predicted octanol–water partition coefficient (Wildman–Crippen LogP) is 1.83. The molecule has 2 aromatic rings. The van der Waals surface area contributed by atoms with Crippen molar-refractivity contribution in [2.24, 2.45) is 5.73 Å². The van der Waals surface area contributed by atoms with E-state index in [9.17, 15) is 9.59 Å².